The summed E-state index contributed by atoms with van der Waals surface area (Å²) in [6.07, 6.45) is -21.2. The number of hydrogen-bond acceptors (Lipinski definition) is 8. The molecule has 0 aliphatic carbocycles. The molecule has 0 unspecified atom stereocenters. The second-order valence-electron chi connectivity index (χ2n) is 13.0. The molecule has 0 saturated carbocycles. The van der Waals surface area contributed by atoms with E-state index < -0.39 is 103 Å². The Kier molecular flexibility index (Phi) is 10.1. The van der Waals surface area contributed by atoms with E-state index in [-0.39, 0.29) is 45.5 Å². The number of nitriles is 4. The van der Waals surface area contributed by atoms with E-state index in [1.807, 2.05) is 0 Å². The van der Waals surface area contributed by atoms with Gasteiger partial charge in [0.25, 0.3) is 0 Å². The lowest BCUT2D eigenvalue weighted by Crippen LogP contribution is -2.11. The molecule has 0 aliphatic heterocycles. The summed E-state index contributed by atoms with van der Waals surface area (Å²) in [4.78, 5) is 8.55. The van der Waals surface area contributed by atoms with Crippen LogP contribution < -0.4 is 11.1 Å². The van der Waals surface area contributed by atoms with Crippen LogP contribution in [0.3, 0.4) is 0 Å². The van der Waals surface area contributed by atoms with Gasteiger partial charge < -0.3 is 8.83 Å². The first kappa shape index (κ1) is 42.0. The Labute approximate surface area is 337 Å². The number of halogens is 12. The van der Waals surface area contributed by atoms with Crippen LogP contribution in [0.2, 0.25) is 0 Å². The third kappa shape index (κ3) is 7.50. The standard InChI is InChI=1S/C42H14F12N6O2/c43-39(44,45)23-9-19(10-24(13-23)40(46,47)48)27-5-1-3-7-29(27)31-33-36(62-37(59-33)21(15-55)16-56)32(34-35(31)61-38(60-34)22(17-57)18-58)30-8-4-2-6-28(30)20-11-25(41(49,50)51)14-26(12-20)42(52,53)54/h1-14H. The van der Waals surface area contributed by atoms with Gasteiger partial charge >= 0.3 is 24.7 Å². The monoisotopic (exact) mass is 862 g/mol. The minimum absolute atomic E-state index is 0.105. The molecule has 0 atom stereocenters. The minimum Gasteiger partial charge on any atom is -0.434 e. The molecule has 0 amide bonds. The lowest BCUT2D eigenvalue weighted by molar-refractivity contribution is -0.144. The van der Waals surface area contributed by atoms with Gasteiger partial charge in [0.15, 0.2) is 22.3 Å². The molecule has 0 aliphatic rings. The second kappa shape index (κ2) is 14.9. The zero-order valence-corrected chi connectivity index (χ0v) is 30.1. The van der Waals surface area contributed by atoms with Crippen LogP contribution in [0, 0.1) is 45.3 Å². The van der Waals surface area contributed by atoms with E-state index in [9.17, 15) is 73.7 Å². The average Bonchev–Trinajstić information content (AvgIpc) is 3.84. The Hall–Kier alpha value is -8.10. The highest BCUT2D eigenvalue weighted by atomic mass is 19.4. The third-order valence-electron chi connectivity index (χ3n) is 9.25. The molecule has 0 radical (unpaired) electrons. The molecule has 20 heteroatoms. The molecule has 0 spiro atoms. The van der Waals surface area contributed by atoms with Gasteiger partial charge in [-0.05, 0) is 69.8 Å². The Morgan fingerprint density at radius 1 is 0.419 bits per heavy atom. The highest BCUT2D eigenvalue weighted by molar-refractivity contribution is 6.18. The first-order chi connectivity index (χ1) is 29.1. The lowest BCUT2D eigenvalue weighted by Gasteiger charge is -2.18. The summed E-state index contributed by atoms with van der Waals surface area (Å²) in [5, 5.41) is 39.0. The van der Waals surface area contributed by atoms with E-state index in [2.05, 4.69) is 9.97 Å². The third-order valence-corrected chi connectivity index (χ3v) is 9.25. The average molecular weight is 863 g/mol. The summed E-state index contributed by atoms with van der Waals surface area (Å²) in [6.45, 7) is 0. The summed E-state index contributed by atoms with van der Waals surface area (Å²) >= 11 is 0. The van der Waals surface area contributed by atoms with Gasteiger partial charge in [-0.2, -0.15) is 73.7 Å². The first-order valence-corrected chi connectivity index (χ1v) is 17.0. The number of hydrogen-bond donors (Lipinski definition) is 0. The van der Waals surface area contributed by atoms with Crippen molar-refractivity contribution in [1.82, 2.24) is 9.97 Å². The van der Waals surface area contributed by atoms with Crippen molar-refractivity contribution in [2.45, 2.75) is 24.7 Å². The maximum atomic E-state index is 14.1. The fourth-order valence-electron chi connectivity index (χ4n) is 6.61. The van der Waals surface area contributed by atoms with E-state index in [0.717, 1.165) is 12.1 Å². The zero-order chi connectivity index (χ0) is 45.1. The molecular formula is C42H14F12N6O2. The molecular weight excluding hydrogens is 848 g/mol. The van der Waals surface area contributed by atoms with Gasteiger partial charge in [0, 0.05) is 0 Å². The number of aromatic nitrogens is 2. The predicted octanol–water partition coefficient (Wildman–Crippen LogP) is 11.1. The van der Waals surface area contributed by atoms with Crippen molar-refractivity contribution in [2.24, 2.45) is 0 Å². The molecule has 2 heterocycles. The lowest BCUT2D eigenvalue weighted by atomic mass is 9.88. The Bertz CT molecular complexity index is 2930. The number of nitrogens with zero attached hydrogens (tertiary/aromatic N) is 6. The fraction of sp³-hybridized carbons (Fsp3) is 0.0952. The normalized spacial score (nSPS) is 12.1. The molecule has 0 fully saturated rings. The fourth-order valence-corrected chi connectivity index (χ4v) is 6.61. The molecule has 7 aromatic rings. The quantitative estimate of drug-likeness (QED) is 0.159. The number of alkyl halides is 12. The van der Waals surface area contributed by atoms with Gasteiger partial charge in [-0.25, -0.2) is 9.97 Å². The molecule has 0 saturated heterocycles. The van der Waals surface area contributed by atoms with Gasteiger partial charge in [-0.1, -0.05) is 48.5 Å². The molecule has 7 rings (SSSR count). The highest BCUT2D eigenvalue weighted by Crippen LogP contribution is 2.49. The summed E-state index contributed by atoms with van der Waals surface area (Å²) in [5.74, 6) is 0. The Morgan fingerprint density at radius 3 is 0.952 bits per heavy atom. The Balaban J connectivity index is 1.71. The minimum atomic E-state index is -5.29. The van der Waals surface area contributed by atoms with Gasteiger partial charge in [0.2, 0.25) is 11.1 Å². The van der Waals surface area contributed by atoms with Crippen LogP contribution in [0.25, 0.3) is 77.9 Å². The first-order valence-electron chi connectivity index (χ1n) is 17.0. The molecule has 2 aromatic heterocycles. The summed E-state index contributed by atoms with van der Waals surface area (Å²) in [7, 11) is 0. The SMILES string of the molecule is N#CC(C#N)=c1nc2c(-c3ccccc3-c3cc(C(F)(F)F)cc(C(F)(F)F)c3)c3oc(=C(C#N)C#N)nc3c(-c3ccccc3-c3cc(C(F)(F)F)cc(C(F)(F)F)c3)c2o1. The van der Waals surface area contributed by atoms with Gasteiger partial charge in [-0.15, -0.1) is 0 Å². The maximum absolute atomic E-state index is 14.1. The zero-order valence-electron chi connectivity index (χ0n) is 30.1. The predicted molar refractivity (Wildman–Crippen MR) is 192 cm³/mol. The van der Waals surface area contributed by atoms with Crippen molar-refractivity contribution in [2.75, 3.05) is 0 Å². The van der Waals surface area contributed by atoms with Crippen LogP contribution in [-0.4, -0.2) is 9.97 Å². The summed E-state index contributed by atoms with van der Waals surface area (Å²) in [5.41, 5.74) is -15.2. The van der Waals surface area contributed by atoms with E-state index in [0.29, 0.717) is 24.3 Å². The van der Waals surface area contributed by atoms with E-state index >= 15 is 0 Å². The smallest absolute Gasteiger partial charge is 0.416 e. The van der Waals surface area contributed by atoms with Crippen molar-refractivity contribution < 1.29 is 61.5 Å². The van der Waals surface area contributed by atoms with Crippen molar-refractivity contribution in [3.8, 4) is 68.8 Å². The van der Waals surface area contributed by atoms with Gasteiger partial charge in [0.05, 0.1) is 33.4 Å². The van der Waals surface area contributed by atoms with Crippen LogP contribution in [0.4, 0.5) is 52.7 Å². The number of rotatable bonds is 4. The summed E-state index contributed by atoms with van der Waals surface area (Å²) < 4.78 is 181. The number of fused-ring (bicyclic) bond motifs is 2. The summed E-state index contributed by atoms with van der Waals surface area (Å²) in [6, 6.07) is 17.4. The molecule has 62 heavy (non-hydrogen) atoms. The second-order valence-corrected chi connectivity index (χ2v) is 13.0. The van der Waals surface area contributed by atoms with Crippen molar-refractivity contribution in [3.05, 3.63) is 118 Å². The van der Waals surface area contributed by atoms with Gasteiger partial charge in [0.1, 0.15) is 35.3 Å². The molecule has 8 nitrogen and oxygen atoms in total. The van der Waals surface area contributed by atoms with Crippen molar-refractivity contribution in [3.63, 3.8) is 0 Å². The van der Waals surface area contributed by atoms with Crippen LogP contribution in [0.5, 0.6) is 0 Å². The number of benzene rings is 5. The molecule has 5 aromatic carbocycles. The molecule has 0 bridgehead atoms. The van der Waals surface area contributed by atoms with Crippen LogP contribution in [0.1, 0.15) is 22.3 Å². The van der Waals surface area contributed by atoms with Crippen molar-refractivity contribution in [1.29, 1.82) is 21.0 Å². The van der Waals surface area contributed by atoms with Gasteiger partial charge in [-0.3, -0.25) is 0 Å². The van der Waals surface area contributed by atoms with E-state index in [1.165, 1.54) is 60.7 Å². The van der Waals surface area contributed by atoms with Crippen LogP contribution >= 0.6 is 0 Å². The molecule has 0 N–H and O–H groups in total. The number of oxazole rings is 2. The largest absolute Gasteiger partial charge is 0.434 e. The van der Waals surface area contributed by atoms with Crippen LogP contribution in [-0.2, 0) is 24.7 Å². The highest BCUT2D eigenvalue weighted by Gasteiger charge is 2.39. The topological polar surface area (TPSA) is 147 Å². The maximum Gasteiger partial charge on any atom is 0.416 e. The molecule has 308 valence electrons. The Morgan fingerprint density at radius 2 is 0.694 bits per heavy atom. The van der Waals surface area contributed by atoms with E-state index in [4.69, 9.17) is 8.83 Å². The van der Waals surface area contributed by atoms with Crippen molar-refractivity contribution >= 4 is 33.3 Å². The van der Waals surface area contributed by atoms with Crippen LogP contribution in [0.15, 0.2) is 93.8 Å². The van der Waals surface area contributed by atoms with E-state index in [1.54, 1.807) is 0 Å².